The number of rotatable bonds is 12. The molecular weight excluding hydrogens is 266 g/mol. The molecule has 1 aromatic carbocycles. The highest BCUT2D eigenvalue weighted by Gasteiger charge is 2.10. The van der Waals surface area contributed by atoms with Crippen LogP contribution in [0.5, 0.6) is 0 Å². The molecule has 0 radical (unpaired) electrons. The van der Waals surface area contributed by atoms with Gasteiger partial charge in [0.15, 0.2) is 0 Å². The topological polar surface area (TPSA) is 39.7 Å². The molecule has 1 rings (SSSR count). The summed E-state index contributed by atoms with van der Waals surface area (Å²) >= 11 is 0. The molecule has 1 unspecified atom stereocenters. The number of likely N-dealkylation sites (N-methyl/N-ethyl adjacent to an activating group) is 1. The minimum absolute atomic E-state index is 0.239. The molecule has 1 aromatic rings. The van der Waals surface area contributed by atoms with Crippen molar-refractivity contribution in [1.82, 2.24) is 5.32 Å². The van der Waals surface area contributed by atoms with E-state index in [4.69, 9.17) is 14.2 Å². The van der Waals surface area contributed by atoms with Crippen molar-refractivity contribution in [1.29, 1.82) is 0 Å². The Morgan fingerprint density at radius 3 is 2.62 bits per heavy atom. The maximum atomic E-state index is 5.73. The second-order valence-electron chi connectivity index (χ2n) is 5.06. The molecule has 0 saturated heterocycles. The molecule has 0 bridgehead atoms. The number of aryl methyl sites for hydroxylation is 1. The van der Waals surface area contributed by atoms with Crippen LogP contribution in [0.1, 0.15) is 30.5 Å². The molecule has 0 heterocycles. The Hall–Kier alpha value is -0.940. The predicted octanol–water partition coefficient (Wildman–Crippen LogP) is 2.72. The standard InChI is InChI=1S/C17H29NO3/c1-4-18-17(16-8-5-7-15(2)13-16)14-21-12-11-20-10-6-9-19-3/h5,7-8,13,17-18H,4,6,9-12,14H2,1-3H3. The fourth-order valence-electron chi connectivity index (χ4n) is 2.13. The van der Waals surface area contributed by atoms with Gasteiger partial charge in [-0.3, -0.25) is 0 Å². The Balaban J connectivity index is 2.23. The Morgan fingerprint density at radius 1 is 1.10 bits per heavy atom. The lowest BCUT2D eigenvalue weighted by Gasteiger charge is -2.19. The molecule has 0 aliphatic heterocycles. The average molecular weight is 295 g/mol. The molecule has 0 saturated carbocycles. The van der Waals surface area contributed by atoms with Gasteiger partial charge in [-0.2, -0.15) is 0 Å². The van der Waals surface area contributed by atoms with Crippen molar-refractivity contribution in [3.05, 3.63) is 35.4 Å². The van der Waals surface area contributed by atoms with Gasteiger partial charge >= 0.3 is 0 Å². The van der Waals surface area contributed by atoms with Gasteiger partial charge < -0.3 is 19.5 Å². The maximum Gasteiger partial charge on any atom is 0.0701 e. The Bertz CT molecular complexity index is 371. The van der Waals surface area contributed by atoms with Crippen LogP contribution >= 0.6 is 0 Å². The monoisotopic (exact) mass is 295 g/mol. The third kappa shape index (κ3) is 8.17. The SMILES string of the molecule is CCNC(COCCOCCCOC)c1cccc(C)c1. The normalized spacial score (nSPS) is 12.5. The third-order valence-electron chi connectivity index (χ3n) is 3.19. The lowest BCUT2D eigenvalue weighted by Crippen LogP contribution is -2.26. The van der Waals surface area contributed by atoms with Crippen molar-refractivity contribution >= 4 is 0 Å². The molecular formula is C17H29NO3. The van der Waals surface area contributed by atoms with Crippen LogP contribution in [0.15, 0.2) is 24.3 Å². The molecule has 0 fully saturated rings. The molecule has 120 valence electrons. The zero-order valence-electron chi connectivity index (χ0n) is 13.6. The fraction of sp³-hybridized carbons (Fsp3) is 0.647. The summed E-state index contributed by atoms with van der Waals surface area (Å²) in [5, 5.41) is 3.46. The summed E-state index contributed by atoms with van der Waals surface area (Å²) in [4.78, 5) is 0. The maximum absolute atomic E-state index is 5.73. The molecule has 0 aliphatic rings. The number of ether oxygens (including phenoxy) is 3. The van der Waals surface area contributed by atoms with Crippen molar-refractivity contribution in [3.8, 4) is 0 Å². The van der Waals surface area contributed by atoms with Crippen LogP contribution < -0.4 is 5.32 Å². The summed E-state index contributed by atoms with van der Waals surface area (Å²) in [7, 11) is 1.70. The zero-order chi connectivity index (χ0) is 15.3. The molecule has 1 N–H and O–H groups in total. The van der Waals surface area contributed by atoms with Crippen molar-refractivity contribution in [2.75, 3.05) is 46.7 Å². The summed E-state index contributed by atoms with van der Waals surface area (Å²) in [6, 6.07) is 8.79. The summed E-state index contributed by atoms with van der Waals surface area (Å²) in [6.45, 7) is 8.55. The van der Waals surface area contributed by atoms with E-state index in [0.29, 0.717) is 19.8 Å². The van der Waals surface area contributed by atoms with E-state index in [9.17, 15) is 0 Å². The number of benzene rings is 1. The second kappa shape index (κ2) is 11.7. The van der Waals surface area contributed by atoms with Crippen LogP contribution in [0, 0.1) is 6.92 Å². The van der Waals surface area contributed by atoms with Gasteiger partial charge in [-0.05, 0) is 25.5 Å². The Morgan fingerprint density at radius 2 is 1.90 bits per heavy atom. The largest absolute Gasteiger partial charge is 0.385 e. The molecule has 1 atom stereocenters. The van der Waals surface area contributed by atoms with Crippen molar-refractivity contribution in [2.24, 2.45) is 0 Å². The smallest absolute Gasteiger partial charge is 0.0701 e. The van der Waals surface area contributed by atoms with Crippen LogP contribution in [0.4, 0.5) is 0 Å². The minimum Gasteiger partial charge on any atom is -0.385 e. The van der Waals surface area contributed by atoms with Crippen LogP contribution in [0.3, 0.4) is 0 Å². The van der Waals surface area contributed by atoms with Crippen LogP contribution in [-0.4, -0.2) is 46.7 Å². The van der Waals surface area contributed by atoms with E-state index < -0.39 is 0 Å². The van der Waals surface area contributed by atoms with E-state index in [-0.39, 0.29) is 6.04 Å². The van der Waals surface area contributed by atoms with Gasteiger partial charge in [-0.15, -0.1) is 0 Å². The first-order valence-electron chi connectivity index (χ1n) is 7.72. The van der Waals surface area contributed by atoms with Gasteiger partial charge in [0.2, 0.25) is 0 Å². The molecule has 0 amide bonds. The van der Waals surface area contributed by atoms with Crippen LogP contribution in [0.25, 0.3) is 0 Å². The molecule has 21 heavy (non-hydrogen) atoms. The van der Waals surface area contributed by atoms with Crippen LogP contribution in [0.2, 0.25) is 0 Å². The predicted molar refractivity (Wildman–Crippen MR) is 85.7 cm³/mol. The quantitative estimate of drug-likeness (QED) is 0.602. The van der Waals surface area contributed by atoms with E-state index in [2.05, 4.69) is 43.4 Å². The van der Waals surface area contributed by atoms with Crippen LogP contribution in [-0.2, 0) is 14.2 Å². The average Bonchev–Trinajstić information content (AvgIpc) is 2.49. The van der Waals surface area contributed by atoms with Crippen molar-refractivity contribution < 1.29 is 14.2 Å². The van der Waals surface area contributed by atoms with Gasteiger partial charge in [0, 0.05) is 20.3 Å². The summed E-state index contributed by atoms with van der Waals surface area (Å²) in [5.74, 6) is 0. The van der Waals surface area contributed by atoms with Gasteiger partial charge in [0.05, 0.1) is 25.9 Å². The van der Waals surface area contributed by atoms with Gasteiger partial charge in [0.1, 0.15) is 0 Å². The molecule has 0 aromatic heterocycles. The summed E-state index contributed by atoms with van der Waals surface area (Å²) < 4.78 is 16.2. The van der Waals surface area contributed by atoms with Crippen molar-refractivity contribution in [3.63, 3.8) is 0 Å². The van der Waals surface area contributed by atoms with Crippen molar-refractivity contribution in [2.45, 2.75) is 26.3 Å². The van der Waals surface area contributed by atoms with E-state index in [1.807, 2.05) is 0 Å². The highest BCUT2D eigenvalue weighted by molar-refractivity contribution is 5.25. The van der Waals surface area contributed by atoms with E-state index >= 15 is 0 Å². The highest BCUT2D eigenvalue weighted by atomic mass is 16.5. The highest BCUT2D eigenvalue weighted by Crippen LogP contribution is 2.14. The first-order valence-corrected chi connectivity index (χ1v) is 7.72. The number of methoxy groups -OCH3 is 1. The summed E-state index contributed by atoms with van der Waals surface area (Å²) in [5.41, 5.74) is 2.55. The number of hydrogen-bond donors (Lipinski definition) is 1. The van der Waals surface area contributed by atoms with E-state index in [0.717, 1.165) is 26.2 Å². The Labute approximate surface area is 128 Å². The molecule has 0 aliphatic carbocycles. The lowest BCUT2D eigenvalue weighted by molar-refractivity contribution is 0.0325. The summed E-state index contributed by atoms with van der Waals surface area (Å²) in [6.07, 6.45) is 0.930. The van der Waals surface area contributed by atoms with Gasteiger partial charge in [-0.25, -0.2) is 0 Å². The second-order valence-corrected chi connectivity index (χ2v) is 5.06. The lowest BCUT2D eigenvalue weighted by atomic mass is 10.1. The van der Waals surface area contributed by atoms with E-state index in [1.54, 1.807) is 7.11 Å². The first-order chi connectivity index (χ1) is 10.3. The Kier molecular flexibility index (Phi) is 10.1. The first kappa shape index (κ1) is 18.1. The minimum atomic E-state index is 0.239. The number of hydrogen-bond acceptors (Lipinski definition) is 4. The molecule has 0 spiro atoms. The third-order valence-corrected chi connectivity index (χ3v) is 3.19. The molecule has 4 nitrogen and oxygen atoms in total. The molecule has 4 heteroatoms. The van der Waals surface area contributed by atoms with E-state index in [1.165, 1.54) is 11.1 Å². The zero-order valence-corrected chi connectivity index (χ0v) is 13.6. The van der Waals surface area contributed by atoms with Gasteiger partial charge in [-0.1, -0.05) is 36.8 Å². The fourth-order valence-corrected chi connectivity index (χ4v) is 2.13. The number of nitrogens with one attached hydrogen (secondary N) is 1. The van der Waals surface area contributed by atoms with Gasteiger partial charge in [0.25, 0.3) is 0 Å².